The lowest BCUT2D eigenvalue weighted by Gasteiger charge is -2.03. The predicted octanol–water partition coefficient (Wildman–Crippen LogP) is 2.57. The maximum absolute atomic E-state index is 13.5. The minimum atomic E-state index is -0.822. The van der Waals surface area contributed by atoms with Crippen molar-refractivity contribution in [3.8, 4) is 0 Å². The lowest BCUT2D eigenvalue weighted by atomic mass is 10.1. The summed E-state index contributed by atoms with van der Waals surface area (Å²) >= 11 is 0. The van der Waals surface area contributed by atoms with Crippen molar-refractivity contribution in [2.24, 2.45) is 0 Å². The number of allylic oxidation sites excluding steroid dienone is 1. The molecule has 0 heterocycles. The highest BCUT2D eigenvalue weighted by molar-refractivity contribution is 5.96. The fraction of sp³-hybridized carbons (Fsp3) is 0.357. The number of rotatable bonds is 2. The number of benzene rings is 1. The fourth-order valence-electron chi connectivity index (χ4n) is 2.31. The minimum absolute atomic E-state index is 0.134. The van der Waals surface area contributed by atoms with Crippen molar-refractivity contribution >= 4 is 11.5 Å². The average Bonchev–Trinajstić information content (AvgIpc) is 3.04. The Labute approximate surface area is 104 Å². The van der Waals surface area contributed by atoms with Gasteiger partial charge in [0, 0.05) is 12.1 Å². The first-order valence-electron chi connectivity index (χ1n) is 6.13. The standard InChI is InChI=1S/C14H13F2NO/c15-12-6-5-10-8(1-4-11(10)14(12)16)7-13(18)17-9-2-3-9/h5-7,9H,1-4H2,(H,17,18). The fourth-order valence-corrected chi connectivity index (χ4v) is 2.31. The molecule has 2 aliphatic rings. The van der Waals surface area contributed by atoms with Crippen LogP contribution in [0.15, 0.2) is 18.2 Å². The van der Waals surface area contributed by atoms with Crippen LogP contribution < -0.4 is 5.32 Å². The third-order valence-electron chi connectivity index (χ3n) is 3.42. The van der Waals surface area contributed by atoms with Gasteiger partial charge in [-0.2, -0.15) is 0 Å². The highest BCUT2D eigenvalue weighted by Crippen LogP contribution is 2.34. The zero-order valence-electron chi connectivity index (χ0n) is 9.80. The Balaban J connectivity index is 1.87. The molecule has 2 aliphatic carbocycles. The van der Waals surface area contributed by atoms with Gasteiger partial charge in [-0.3, -0.25) is 4.79 Å². The van der Waals surface area contributed by atoms with Crippen molar-refractivity contribution in [3.05, 3.63) is 41.0 Å². The number of hydrogen-bond acceptors (Lipinski definition) is 1. The van der Waals surface area contributed by atoms with Crippen LogP contribution in [0.2, 0.25) is 0 Å². The van der Waals surface area contributed by atoms with Gasteiger partial charge in [-0.15, -0.1) is 0 Å². The van der Waals surface area contributed by atoms with E-state index in [0.29, 0.717) is 30.0 Å². The second kappa shape index (κ2) is 4.19. The molecule has 1 saturated carbocycles. The Morgan fingerprint density at radius 2 is 2.06 bits per heavy atom. The minimum Gasteiger partial charge on any atom is -0.350 e. The second-order valence-corrected chi connectivity index (χ2v) is 4.84. The Morgan fingerprint density at radius 1 is 1.28 bits per heavy atom. The topological polar surface area (TPSA) is 29.1 Å². The van der Waals surface area contributed by atoms with E-state index in [4.69, 9.17) is 0 Å². The van der Waals surface area contributed by atoms with Crippen LogP contribution in [-0.2, 0) is 11.2 Å². The van der Waals surface area contributed by atoms with Crippen LogP contribution in [0.25, 0.3) is 5.57 Å². The van der Waals surface area contributed by atoms with E-state index in [1.165, 1.54) is 6.08 Å². The van der Waals surface area contributed by atoms with E-state index in [2.05, 4.69) is 5.32 Å². The van der Waals surface area contributed by atoms with Crippen molar-refractivity contribution in [1.29, 1.82) is 0 Å². The molecule has 4 heteroatoms. The molecule has 2 nitrogen and oxygen atoms in total. The van der Waals surface area contributed by atoms with E-state index < -0.39 is 11.6 Å². The SMILES string of the molecule is O=C(C=C1CCc2c1ccc(F)c2F)NC1CC1. The van der Waals surface area contributed by atoms with Crippen molar-refractivity contribution in [2.75, 3.05) is 0 Å². The monoisotopic (exact) mass is 249 g/mol. The second-order valence-electron chi connectivity index (χ2n) is 4.84. The van der Waals surface area contributed by atoms with Gasteiger partial charge < -0.3 is 5.32 Å². The summed E-state index contributed by atoms with van der Waals surface area (Å²) in [4.78, 5) is 11.7. The summed E-state index contributed by atoms with van der Waals surface area (Å²) in [6, 6.07) is 2.98. The van der Waals surface area contributed by atoms with Gasteiger partial charge in [0.05, 0.1) is 0 Å². The van der Waals surface area contributed by atoms with E-state index in [1.807, 2.05) is 0 Å². The summed E-state index contributed by atoms with van der Waals surface area (Å²) in [6.45, 7) is 0. The number of nitrogens with one attached hydrogen (secondary N) is 1. The van der Waals surface area contributed by atoms with Crippen LogP contribution in [0, 0.1) is 11.6 Å². The number of hydrogen-bond donors (Lipinski definition) is 1. The van der Waals surface area contributed by atoms with Gasteiger partial charge in [0.25, 0.3) is 0 Å². The number of halogens is 2. The number of amides is 1. The molecule has 0 aliphatic heterocycles. The quantitative estimate of drug-likeness (QED) is 0.802. The van der Waals surface area contributed by atoms with Crippen LogP contribution in [0.1, 0.15) is 30.4 Å². The van der Waals surface area contributed by atoms with Crippen LogP contribution in [-0.4, -0.2) is 11.9 Å². The Morgan fingerprint density at radius 3 is 2.78 bits per heavy atom. The van der Waals surface area contributed by atoms with Crippen LogP contribution >= 0.6 is 0 Å². The number of carbonyl (C=O) groups excluding carboxylic acids is 1. The van der Waals surface area contributed by atoms with Gasteiger partial charge in [0.1, 0.15) is 0 Å². The summed E-state index contributed by atoms with van der Waals surface area (Å²) in [5.41, 5.74) is 1.85. The van der Waals surface area contributed by atoms with E-state index in [0.717, 1.165) is 24.5 Å². The van der Waals surface area contributed by atoms with Crippen LogP contribution in [0.3, 0.4) is 0 Å². The summed E-state index contributed by atoms with van der Waals surface area (Å²) in [7, 11) is 0. The molecule has 1 aromatic carbocycles. The Hall–Kier alpha value is -1.71. The smallest absolute Gasteiger partial charge is 0.244 e. The molecule has 94 valence electrons. The van der Waals surface area contributed by atoms with Crippen molar-refractivity contribution in [1.82, 2.24) is 5.32 Å². The molecular weight excluding hydrogens is 236 g/mol. The molecule has 3 rings (SSSR count). The van der Waals surface area contributed by atoms with Gasteiger partial charge in [-0.1, -0.05) is 6.07 Å². The highest BCUT2D eigenvalue weighted by atomic mass is 19.2. The molecule has 18 heavy (non-hydrogen) atoms. The molecule has 0 bridgehead atoms. The predicted molar refractivity (Wildman–Crippen MR) is 63.8 cm³/mol. The van der Waals surface area contributed by atoms with Gasteiger partial charge in [-0.05, 0) is 48.4 Å². The molecule has 0 unspecified atom stereocenters. The molecule has 1 N–H and O–H groups in total. The summed E-state index contributed by atoms with van der Waals surface area (Å²) in [5, 5.41) is 2.85. The normalized spacial score (nSPS) is 20.0. The molecule has 0 atom stereocenters. The Kier molecular flexibility index (Phi) is 2.65. The first kappa shape index (κ1) is 11.4. The summed E-state index contributed by atoms with van der Waals surface area (Å²) < 4.78 is 26.6. The third kappa shape index (κ3) is 2.03. The van der Waals surface area contributed by atoms with Crippen molar-refractivity contribution in [2.45, 2.75) is 31.7 Å². The van der Waals surface area contributed by atoms with Crippen molar-refractivity contribution < 1.29 is 13.6 Å². The van der Waals surface area contributed by atoms with Gasteiger partial charge >= 0.3 is 0 Å². The lowest BCUT2D eigenvalue weighted by molar-refractivity contribution is -0.116. The van der Waals surface area contributed by atoms with Gasteiger partial charge in [0.2, 0.25) is 5.91 Å². The maximum atomic E-state index is 13.5. The highest BCUT2D eigenvalue weighted by Gasteiger charge is 2.25. The number of carbonyl (C=O) groups is 1. The molecule has 1 fully saturated rings. The molecule has 0 saturated heterocycles. The van der Waals surface area contributed by atoms with Crippen LogP contribution in [0.4, 0.5) is 8.78 Å². The number of fused-ring (bicyclic) bond motifs is 1. The Bertz CT molecular complexity index is 547. The van der Waals surface area contributed by atoms with E-state index in [-0.39, 0.29) is 5.91 Å². The molecule has 0 radical (unpaired) electrons. The summed E-state index contributed by atoms with van der Waals surface area (Å²) in [6.07, 6.45) is 4.63. The van der Waals surface area contributed by atoms with Crippen LogP contribution in [0.5, 0.6) is 0 Å². The molecule has 1 amide bonds. The maximum Gasteiger partial charge on any atom is 0.244 e. The lowest BCUT2D eigenvalue weighted by Crippen LogP contribution is -2.23. The first-order valence-corrected chi connectivity index (χ1v) is 6.13. The largest absolute Gasteiger partial charge is 0.350 e. The zero-order valence-corrected chi connectivity index (χ0v) is 9.80. The third-order valence-corrected chi connectivity index (χ3v) is 3.42. The van der Waals surface area contributed by atoms with Crippen molar-refractivity contribution in [3.63, 3.8) is 0 Å². The van der Waals surface area contributed by atoms with Gasteiger partial charge in [-0.25, -0.2) is 8.78 Å². The molecule has 0 spiro atoms. The molecule has 1 aromatic rings. The molecular formula is C14H13F2NO. The first-order chi connectivity index (χ1) is 8.65. The average molecular weight is 249 g/mol. The van der Waals surface area contributed by atoms with E-state index >= 15 is 0 Å². The molecule has 0 aromatic heterocycles. The van der Waals surface area contributed by atoms with Gasteiger partial charge in [0.15, 0.2) is 11.6 Å². The van der Waals surface area contributed by atoms with E-state index in [1.54, 1.807) is 6.07 Å². The zero-order chi connectivity index (χ0) is 12.7. The van der Waals surface area contributed by atoms with E-state index in [9.17, 15) is 13.6 Å². The summed E-state index contributed by atoms with van der Waals surface area (Å²) in [5.74, 6) is -1.74.